The van der Waals surface area contributed by atoms with Crippen LogP contribution in [-0.2, 0) is 19.6 Å². The van der Waals surface area contributed by atoms with E-state index in [0.717, 1.165) is 31.7 Å². The molecule has 1 aromatic rings. The molecule has 0 atom stereocenters. The average molecular weight is 403 g/mol. The summed E-state index contributed by atoms with van der Waals surface area (Å²) in [5.74, 6) is -1.14. The van der Waals surface area contributed by atoms with Gasteiger partial charge in [-0.1, -0.05) is 30.9 Å². The Bertz CT molecular complexity index is 775. The van der Waals surface area contributed by atoms with Gasteiger partial charge in [-0.3, -0.25) is 4.79 Å². The first-order valence-electron chi connectivity index (χ1n) is 8.53. The number of nitrogens with two attached hydrogens (primary N) is 1. The van der Waals surface area contributed by atoms with E-state index in [9.17, 15) is 18.0 Å². The SMILES string of the molecule is CCN(C(=O)COC(=O)c1cc(S(N)(=O)=O)ccc1Cl)C1CCCCC1. The molecule has 9 heteroatoms. The number of carbonyl (C=O) groups excluding carboxylic acids is 2. The third-order valence-electron chi connectivity index (χ3n) is 4.49. The van der Waals surface area contributed by atoms with Gasteiger partial charge < -0.3 is 9.64 Å². The largest absolute Gasteiger partial charge is 0.452 e. The van der Waals surface area contributed by atoms with Crippen LogP contribution in [0.15, 0.2) is 23.1 Å². The lowest BCUT2D eigenvalue weighted by Gasteiger charge is -2.33. The van der Waals surface area contributed by atoms with Crippen molar-refractivity contribution >= 4 is 33.5 Å². The molecule has 0 aliphatic heterocycles. The number of hydrogen-bond acceptors (Lipinski definition) is 5. The van der Waals surface area contributed by atoms with E-state index < -0.39 is 22.6 Å². The third kappa shape index (κ3) is 5.18. The summed E-state index contributed by atoms with van der Waals surface area (Å²) in [6.07, 6.45) is 5.26. The molecule has 0 spiro atoms. The molecule has 2 N–H and O–H groups in total. The number of rotatable bonds is 6. The van der Waals surface area contributed by atoms with Crippen LogP contribution in [0.3, 0.4) is 0 Å². The van der Waals surface area contributed by atoms with Gasteiger partial charge in [0.1, 0.15) is 0 Å². The number of ether oxygens (including phenoxy) is 1. The number of benzene rings is 1. The molecule has 0 radical (unpaired) electrons. The van der Waals surface area contributed by atoms with Crippen LogP contribution in [0.2, 0.25) is 5.02 Å². The standard InChI is InChI=1S/C17H23ClN2O5S/c1-2-20(12-6-4-3-5-7-12)16(21)11-25-17(22)14-10-13(26(19,23)24)8-9-15(14)18/h8-10,12H,2-7,11H2,1H3,(H2,19,23,24). The van der Waals surface area contributed by atoms with E-state index in [2.05, 4.69) is 0 Å². The molecular formula is C17H23ClN2O5S. The van der Waals surface area contributed by atoms with Crippen molar-refractivity contribution in [3.63, 3.8) is 0 Å². The Balaban J connectivity index is 2.04. The Hall–Kier alpha value is -1.64. The zero-order valence-electron chi connectivity index (χ0n) is 14.6. The molecule has 0 unspecified atom stereocenters. The highest BCUT2D eigenvalue weighted by atomic mass is 35.5. The number of amides is 1. The zero-order valence-corrected chi connectivity index (χ0v) is 16.2. The summed E-state index contributed by atoms with van der Waals surface area (Å²) in [5.41, 5.74) is -0.147. The van der Waals surface area contributed by atoms with Gasteiger partial charge in [0.15, 0.2) is 6.61 Å². The normalized spacial score (nSPS) is 15.5. The molecule has 1 aliphatic rings. The lowest BCUT2D eigenvalue weighted by atomic mass is 9.94. The molecule has 0 aromatic heterocycles. The maximum atomic E-state index is 12.4. The van der Waals surface area contributed by atoms with E-state index in [1.165, 1.54) is 18.6 Å². The molecule has 2 rings (SSSR count). The van der Waals surface area contributed by atoms with Crippen molar-refractivity contribution in [3.05, 3.63) is 28.8 Å². The van der Waals surface area contributed by atoms with Crippen LogP contribution in [0.5, 0.6) is 0 Å². The molecule has 1 amide bonds. The third-order valence-corrected chi connectivity index (χ3v) is 5.73. The molecule has 0 heterocycles. The summed E-state index contributed by atoms with van der Waals surface area (Å²) in [6, 6.07) is 3.67. The highest BCUT2D eigenvalue weighted by molar-refractivity contribution is 7.89. The van der Waals surface area contributed by atoms with Gasteiger partial charge in [0.05, 0.1) is 15.5 Å². The number of nitrogens with zero attached hydrogens (tertiary/aromatic N) is 1. The molecule has 1 aromatic carbocycles. The fourth-order valence-electron chi connectivity index (χ4n) is 3.16. The van der Waals surface area contributed by atoms with Crippen molar-refractivity contribution in [1.29, 1.82) is 0 Å². The first-order valence-corrected chi connectivity index (χ1v) is 10.5. The second kappa shape index (κ2) is 8.83. The van der Waals surface area contributed by atoms with Gasteiger partial charge in [0.25, 0.3) is 5.91 Å². The monoisotopic (exact) mass is 402 g/mol. The van der Waals surface area contributed by atoms with Gasteiger partial charge in [-0.15, -0.1) is 0 Å². The van der Waals surface area contributed by atoms with Gasteiger partial charge >= 0.3 is 5.97 Å². The highest BCUT2D eigenvalue weighted by Gasteiger charge is 2.25. The Kier molecular flexibility index (Phi) is 7.02. The van der Waals surface area contributed by atoms with E-state index >= 15 is 0 Å². The summed E-state index contributed by atoms with van der Waals surface area (Å²) in [5, 5.41) is 5.08. The van der Waals surface area contributed by atoms with Crippen molar-refractivity contribution in [3.8, 4) is 0 Å². The summed E-state index contributed by atoms with van der Waals surface area (Å²) in [4.78, 5) is 26.1. The van der Waals surface area contributed by atoms with Crippen molar-refractivity contribution in [2.75, 3.05) is 13.2 Å². The number of likely N-dealkylation sites (N-methyl/N-ethyl adjacent to an activating group) is 1. The summed E-state index contributed by atoms with van der Waals surface area (Å²) < 4.78 is 27.9. The van der Waals surface area contributed by atoms with Crippen LogP contribution < -0.4 is 5.14 Å². The Morgan fingerprint density at radius 1 is 1.27 bits per heavy atom. The molecule has 26 heavy (non-hydrogen) atoms. The van der Waals surface area contributed by atoms with Gasteiger partial charge in [-0.05, 0) is 38.0 Å². The van der Waals surface area contributed by atoms with E-state index in [1.54, 1.807) is 4.90 Å². The Labute approximate surface area is 158 Å². The number of hydrogen-bond donors (Lipinski definition) is 1. The summed E-state index contributed by atoms with van der Waals surface area (Å²) in [7, 11) is -3.98. The molecule has 0 bridgehead atoms. The Morgan fingerprint density at radius 2 is 1.92 bits per heavy atom. The lowest BCUT2D eigenvalue weighted by Crippen LogP contribution is -2.43. The number of carbonyl (C=O) groups is 2. The highest BCUT2D eigenvalue weighted by Crippen LogP contribution is 2.23. The average Bonchev–Trinajstić information content (AvgIpc) is 2.60. The second-order valence-electron chi connectivity index (χ2n) is 6.23. The van der Waals surface area contributed by atoms with Crippen molar-refractivity contribution in [2.45, 2.75) is 50.0 Å². The Morgan fingerprint density at radius 3 is 2.50 bits per heavy atom. The fourth-order valence-corrected chi connectivity index (χ4v) is 3.89. The first-order chi connectivity index (χ1) is 12.2. The van der Waals surface area contributed by atoms with Crippen LogP contribution in [0.25, 0.3) is 0 Å². The molecule has 1 saturated carbocycles. The summed E-state index contributed by atoms with van der Waals surface area (Å²) in [6.45, 7) is 2.02. The summed E-state index contributed by atoms with van der Waals surface area (Å²) >= 11 is 5.94. The quantitative estimate of drug-likeness (QED) is 0.735. The van der Waals surface area contributed by atoms with Gasteiger partial charge in [-0.2, -0.15) is 0 Å². The predicted octanol–water partition coefficient (Wildman–Crippen LogP) is 2.33. The topological polar surface area (TPSA) is 107 Å². The fraction of sp³-hybridized carbons (Fsp3) is 0.529. The zero-order chi connectivity index (χ0) is 19.3. The van der Waals surface area contributed by atoms with E-state index in [-0.39, 0.29) is 27.4 Å². The first kappa shape index (κ1) is 20.7. The second-order valence-corrected chi connectivity index (χ2v) is 8.20. The maximum Gasteiger partial charge on any atom is 0.340 e. The lowest BCUT2D eigenvalue weighted by molar-refractivity contribution is -0.137. The minimum absolute atomic E-state index is 0.0227. The van der Waals surface area contributed by atoms with Crippen LogP contribution in [0.4, 0.5) is 0 Å². The van der Waals surface area contributed by atoms with Gasteiger partial charge in [0.2, 0.25) is 10.0 Å². The maximum absolute atomic E-state index is 12.4. The minimum Gasteiger partial charge on any atom is -0.452 e. The molecule has 0 saturated heterocycles. The molecule has 1 aliphatic carbocycles. The van der Waals surface area contributed by atoms with E-state index in [1.807, 2.05) is 6.92 Å². The van der Waals surface area contributed by atoms with Crippen LogP contribution in [0.1, 0.15) is 49.4 Å². The van der Waals surface area contributed by atoms with Gasteiger partial charge in [0, 0.05) is 12.6 Å². The van der Waals surface area contributed by atoms with Gasteiger partial charge in [-0.25, -0.2) is 18.4 Å². The molecule has 1 fully saturated rings. The van der Waals surface area contributed by atoms with Crippen molar-refractivity contribution in [1.82, 2.24) is 4.90 Å². The minimum atomic E-state index is -3.98. The van der Waals surface area contributed by atoms with Crippen molar-refractivity contribution in [2.24, 2.45) is 5.14 Å². The predicted molar refractivity (Wildman–Crippen MR) is 97.4 cm³/mol. The van der Waals surface area contributed by atoms with Crippen LogP contribution >= 0.6 is 11.6 Å². The molecular weight excluding hydrogens is 380 g/mol. The van der Waals surface area contributed by atoms with Crippen LogP contribution in [0, 0.1) is 0 Å². The number of sulfonamides is 1. The van der Waals surface area contributed by atoms with Crippen molar-refractivity contribution < 1.29 is 22.7 Å². The van der Waals surface area contributed by atoms with E-state index in [4.69, 9.17) is 21.5 Å². The number of primary sulfonamides is 1. The number of halogens is 1. The van der Waals surface area contributed by atoms with E-state index in [0.29, 0.717) is 6.54 Å². The van der Waals surface area contributed by atoms with Crippen LogP contribution in [-0.4, -0.2) is 44.4 Å². The molecule has 7 nitrogen and oxygen atoms in total. The number of esters is 1. The smallest absolute Gasteiger partial charge is 0.340 e. The molecule has 144 valence electrons.